The molecule has 3 heterocycles. The molecule has 0 radical (unpaired) electrons. The van der Waals surface area contributed by atoms with Crippen molar-refractivity contribution in [2.24, 2.45) is 15.4 Å². The van der Waals surface area contributed by atoms with E-state index in [1.54, 1.807) is 18.6 Å². The molecule has 0 spiro atoms. The molecule has 30 heavy (non-hydrogen) atoms. The fourth-order valence-electron chi connectivity index (χ4n) is 4.20. The maximum Gasteiger partial charge on any atom is 0.311 e. The Morgan fingerprint density at radius 1 is 1.27 bits per heavy atom. The predicted molar refractivity (Wildman–Crippen MR) is 109 cm³/mol. The van der Waals surface area contributed by atoms with E-state index in [0.29, 0.717) is 30.2 Å². The van der Waals surface area contributed by atoms with Crippen LogP contribution in [-0.4, -0.2) is 41.1 Å². The van der Waals surface area contributed by atoms with Gasteiger partial charge in [0.15, 0.2) is 17.2 Å². The third-order valence-electron chi connectivity index (χ3n) is 6.10. The molecule has 0 amide bonds. The van der Waals surface area contributed by atoms with Crippen LogP contribution >= 0.6 is 11.6 Å². The van der Waals surface area contributed by atoms with Gasteiger partial charge in [0.05, 0.1) is 36.2 Å². The summed E-state index contributed by atoms with van der Waals surface area (Å²) < 4.78 is 5.05. The number of nitrogens with zero attached hydrogens (tertiary/aromatic N) is 4. The van der Waals surface area contributed by atoms with Crippen molar-refractivity contribution in [3.63, 3.8) is 0 Å². The van der Waals surface area contributed by atoms with Crippen LogP contribution in [0.4, 0.5) is 0 Å². The first-order valence-corrected chi connectivity index (χ1v) is 10.00. The average molecular weight is 451 g/mol. The Morgan fingerprint density at radius 2 is 2.00 bits per heavy atom. The van der Waals surface area contributed by atoms with Gasteiger partial charge in [-0.05, 0) is 32.6 Å². The second kappa shape index (κ2) is 8.93. The lowest BCUT2D eigenvalue weighted by molar-refractivity contribution is -0.682. The van der Waals surface area contributed by atoms with Crippen molar-refractivity contribution < 1.29 is 26.8 Å². The summed E-state index contributed by atoms with van der Waals surface area (Å²) >= 11 is 6.21. The zero-order chi connectivity index (χ0) is 20.5. The first-order valence-electron chi connectivity index (χ1n) is 9.62. The summed E-state index contributed by atoms with van der Waals surface area (Å²) in [6, 6.07) is 0. The summed E-state index contributed by atoms with van der Waals surface area (Å²) in [6.07, 6.45) is 13.5. The number of esters is 1. The van der Waals surface area contributed by atoms with E-state index in [9.17, 15) is 4.79 Å². The highest BCUT2D eigenvalue weighted by atomic mass is 35.5. The molecule has 0 aromatic carbocycles. The molecule has 4 rings (SSSR count). The van der Waals surface area contributed by atoms with Crippen LogP contribution in [0.1, 0.15) is 38.3 Å². The van der Waals surface area contributed by atoms with Gasteiger partial charge in [-0.15, -0.1) is 0 Å². The van der Waals surface area contributed by atoms with Crippen molar-refractivity contribution in [3.8, 4) is 0 Å². The van der Waals surface area contributed by atoms with Gasteiger partial charge in [-0.2, -0.15) is 4.99 Å². The van der Waals surface area contributed by atoms with Gasteiger partial charge in [0.1, 0.15) is 11.9 Å². The molecule has 1 aliphatic carbocycles. The number of carbonyl (C=O) groups is 1. The summed E-state index contributed by atoms with van der Waals surface area (Å²) in [5.41, 5.74) is 1.74. The quantitative estimate of drug-likeness (QED) is 0.527. The molecule has 10 heteroatoms. The summed E-state index contributed by atoms with van der Waals surface area (Å²) in [4.78, 5) is 30.9. The minimum absolute atomic E-state index is 0. The highest BCUT2D eigenvalue weighted by Gasteiger charge is 2.49. The molecule has 1 saturated carbocycles. The third kappa shape index (κ3) is 4.05. The number of methoxy groups -OCH3 is 1. The van der Waals surface area contributed by atoms with Gasteiger partial charge in [0, 0.05) is 18.9 Å². The number of quaternary nitrogens is 1. The Morgan fingerprint density at radius 3 is 2.70 bits per heavy atom. The van der Waals surface area contributed by atoms with Crippen LogP contribution in [0.3, 0.4) is 0 Å². The minimum Gasteiger partial charge on any atom is -1.00 e. The van der Waals surface area contributed by atoms with Crippen LogP contribution in [-0.2, 0) is 16.1 Å². The van der Waals surface area contributed by atoms with Crippen LogP contribution in [0.2, 0.25) is 5.15 Å². The predicted octanol–water partition coefficient (Wildman–Crippen LogP) is -1.59. The molecular weight excluding hydrogens is 427 g/mol. The largest absolute Gasteiger partial charge is 1.00 e. The lowest BCUT2D eigenvalue weighted by atomic mass is 9.67. The van der Waals surface area contributed by atoms with Crippen LogP contribution in [0.25, 0.3) is 0 Å². The molecular formula is C20H24Cl2N6O2. The molecule has 3 aliphatic rings. The molecule has 1 fully saturated rings. The van der Waals surface area contributed by atoms with E-state index in [4.69, 9.17) is 21.3 Å². The smallest absolute Gasteiger partial charge is 0.311 e. The van der Waals surface area contributed by atoms with Crippen molar-refractivity contribution in [1.82, 2.24) is 15.3 Å². The molecule has 0 saturated heterocycles. The first-order chi connectivity index (χ1) is 14.0. The fourth-order valence-corrected chi connectivity index (χ4v) is 4.37. The fraction of sp³-hybridized carbons (Fsp3) is 0.450. The molecule has 8 nitrogen and oxygen atoms in total. The maximum atomic E-state index is 12.3. The summed E-state index contributed by atoms with van der Waals surface area (Å²) in [6.45, 7) is 2.43. The molecule has 1 aromatic heterocycles. The van der Waals surface area contributed by atoms with E-state index >= 15 is 0 Å². The Labute approximate surface area is 186 Å². The van der Waals surface area contributed by atoms with Crippen LogP contribution in [0, 0.1) is 5.41 Å². The number of halogens is 2. The van der Waals surface area contributed by atoms with E-state index < -0.39 is 11.0 Å². The maximum absolute atomic E-state index is 12.3. The lowest BCUT2D eigenvalue weighted by Gasteiger charge is -2.43. The SMILES string of the molecule is COC(=O)C1(C)CCC(NCc2nccnc2Cl)(C2=C3C=NC=C[NH+]3C=N2)CC1.[Cl-]. The van der Waals surface area contributed by atoms with Crippen molar-refractivity contribution in [1.29, 1.82) is 0 Å². The van der Waals surface area contributed by atoms with E-state index in [-0.39, 0.29) is 18.4 Å². The van der Waals surface area contributed by atoms with Crippen LogP contribution in [0.5, 0.6) is 0 Å². The monoisotopic (exact) mass is 450 g/mol. The topological polar surface area (TPSA) is 93.3 Å². The zero-order valence-electron chi connectivity index (χ0n) is 16.9. The van der Waals surface area contributed by atoms with E-state index in [1.807, 2.05) is 25.7 Å². The highest BCUT2D eigenvalue weighted by Crippen LogP contribution is 2.45. The Kier molecular flexibility index (Phi) is 6.71. The van der Waals surface area contributed by atoms with Crippen LogP contribution < -0.4 is 22.6 Å². The van der Waals surface area contributed by atoms with Crippen LogP contribution in [0.15, 0.2) is 46.2 Å². The van der Waals surface area contributed by atoms with Crippen molar-refractivity contribution in [2.45, 2.75) is 44.7 Å². The van der Waals surface area contributed by atoms with E-state index in [0.717, 1.165) is 29.1 Å². The molecule has 1 aromatic rings. The standard InChI is InChI=1S/C20H23ClN6O2.ClH/c1-19(18(28)29-2)3-5-20(6-4-19,26-11-14-17(21)24-8-7-23-14)16-15-12-22-9-10-27(15)13-25-16;/h7-10,12-13,26H,3-6,11H2,1-2H3;1H. The molecule has 160 valence electrons. The van der Waals surface area contributed by atoms with Gasteiger partial charge < -0.3 is 22.5 Å². The number of aromatic nitrogens is 2. The van der Waals surface area contributed by atoms with Gasteiger partial charge in [-0.25, -0.2) is 9.88 Å². The lowest BCUT2D eigenvalue weighted by Crippen LogP contribution is -3.04. The van der Waals surface area contributed by atoms with Crippen molar-refractivity contribution in [2.75, 3.05) is 7.11 Å². The van der Waals surface area contributed by atoms with Gasteiger partial charge in [0.25, 0.3) is 0 Å². The third-order valence-corrected chi connectivity index (χ3v) is 6.41. The molecule has 1 unspecified atom stereocenters. The summed E-state index contributed by atoms with van der Waals surface area (Å²) in [5, 5.41) is 4.03. The first kappa shape index (κ1) is 22.6. The molecule has 1 atom stereocenters. The van der Waals surface area contributed by atoms with Gasteiger partial charge >= 0.3 is 5.97 Å². The van der Waals surface area contributed by atoms with Gasteiger partial charge in [-0.3, -0.25) is 14.8 Å². The second-order valence-corrected chi connectivity index (χ2v) is 8.21. The number of hydrogen-bond donors (Lipinski definition) is 2. The summed E-state index contributed by atoms with van der Waals surface area (Å²) in [7, 11) is 1.45. The normalized spacial score (nSPS) is 29.5. The highest BCUT2D eigenvalue weighted by molar-refractivity contribution is 6.29. The minimum atomic E-state index is -0.495. The Hall–Kier alpha value is -2.13. The molecule has 0 bridgehead atoms. The second-order valence-electron chi connectivity index (χ2n) is 7.85. The van der Waals surface area contributed by atoms with Gasteiger partial charge in [-0.1, -0.05) is 11.6 Å². The number of allylic oxidation sites excluding steroid dienone is 1. The number of carbonyl (C=O) groups excluding carboxylic acids is 1. The average Bonchev–Trinajstić information content (AvgIpc) is 3.19. The van der Waals surface area contributed by atoms with Crippen molar-refractivity contribution in [3.05, 3.63) is 47.0 Å². The number of hydrogen-bond acceptors (Lipinski definition) is 7. The number of aliphatic imine (C=N–C) groups is 2. The molecule has 2 N–H and O–H groups in total. The Balaban J connectivity index is 0.00000256. The number of ether oxygens (including phenoxy) is 1. The van der Waals surface area contributed by atoms with Gasteiger partial charge in [0.2, 0.25) is 0 Å². The van der Waals surface area contributed by atoms with E-state index in [2.05, 4.69) is 20.3 Å². The summed E-state index contributed by atoms with van der Waals surface area (Å²) in [5.74, 6) is -0.162. The zero-order valence-corrected chi connectivity index (χ0v) is 18.4. The van der Waals surface area contributed by atoms with Crippen molar-refractivity contribution >= 4 is 30.1 Å². The number of nitrogens with one attached hydrogen (secondary N) is 2. The Bertz CT molecular complexity index is 935. The molecule has 2 aliphatic heterocycles. The van der Waals surface area contributed by atoms with E-state index in [1.165, 1.54) is 7.11 Å². The number of fused-ring (bicyclic) bond motifs is 1. The number of rotatable bonds is 5.